The van der Waals surface area contributed by atoms with Gasteiger partial charge in [-0.1, -0.05) is 30.3 Å². The van der Waals surface area contributed by atoms with Gasteiger partial charge in [-0.15, -0.1) is 0 Å². The van der Waals surface area contributed by atoms with Crippen molar-refractivity contribution < 1.29 is 29.4 Å². The Labute approximate surface area is 236 Å². The lowest BCUT2D eigenvalue weighted by Gasteiger charge is -2.28. The molecule has 3 aromatic rings. The van der Waals surface area contributed by atoms with Crippen molar-refractivity contribution in [3.05, 3.63) is 65.9 Å². The second-order valence-electron chi connectivity index (χ2n) is 9.87. The summed E-state index contributed by atoms with van der Waals surface area (Å²) in [5, 5.41) is 25.7. The van der Waals surface area contributed by atoms with E-state index in [1.54, 1.807) is 18.3 Å². The van der Waals surface area contributed by atoms with Crippen LogP contribution in [0.2, 0.25) is 0 Å². The number of carbonyl (C=O) groups is 4. The Bertz CT molecular complexity index is 1380. The summed E-state index contributed by atoms with van der Waals surface area (Å²) in [7, 11) is 0. The van der Waals surface area contributed by atoms with Gasteiger partial charge in [-0.2, -0.15) is 12.6 Å². The first-order valence-corrected chi connectivity index (χ1v) is 13.6. The van der Waals surface area contributed by atoms with Crippen molar-refractivity contribution in [2.45, 2.75) is 49.9 Å². The molecular formula is C28H33N5O6S. The molecule has 4 unspecified atom stereocenters. The Balaban J connectivity index is 1.53. The molecule has 3 amide bonds. The number of likely N-dealkylation sites (tertiary alicyclic amines) is 1. The molecule has 0 aliphatic carbocycles. The van der Waals surface area contributed by atoms with Crippen LogP contribution in [0.15, 0.2) is 54.7 Å². The van der Waals surface area contributed by atoms with Crippen LogP contribution in [0.25, 0.3) is 10.9 Å². The molecule has 4 atom stereocenters. The second kappa shape index (κ2) is 12.9. The molecule has 1 aromatic heterocycles. The number of aliphatic carboxylic acids is 1. The van der Waals surface area contributed by atoms with Crippen LogP contribution in [0.5, 0.6) is 5.75 Å². The first-order valence-electron chi connectivity index (χ1n) is 13.0. The third-order valence-electron chi connectivity index (χ3n) is 7.08. The highest BCUT2D eigenvalue weighted by Crippen LogP contribution is 2.21. The van der Waals surface area contributed by atoms with Crippen molar-refractivity contribution in [2.24, 2.45) is 5.73 Å². The number of nitrogens with zero attached hydrogens (tertiary/aromatic N) is 1. The number of nitrogens with one attached hydrogen (secondary N) is 3. The van der Waals surface area contributed by atoms with Gasteiger partial charge in [0.2, 0.25) is 17.7 Å². The Hall–Kier alpha value is -4.03. The SMILES string of the molecule is NC(CS)C(=O)N1CCCC1C(=O)NC(Cc1ccc(O)cc1)C(=O)NC(Cc1c[nH]c2ccccc12)C(=O)O. The Morgan fingerprint density at radius 1 is 1.05 bits per heavy atom. The Morgan fingerprint density at radius 2 is 1.77 bits per heavy atom. The molecule has 0 radical (unpaired) electrons. The molecule has 0 bridgehead atoms. The average Bonchev–Trinajstić information content (AvgIpc) is 3.60. The fraction of sp³-hybridized carbons (Fsp3) is 0.357. The number of nitrogens with two attached hydrogens (primary N) is 1. The Morgan fingerprint density at radius 3 is 2.48 bits per heavy atom. The highest BCUT2D eigenvalue weighted by atomic mass is 32.1. The van der Waals surface area contributed by atoms with Crippen molar-refractivity contribution in [2.75, 3.05) is 12.3 Å². The van der Waals surface area contributed by atoms with E-state index in [1.165, 1.54) is 17.0 Å². The summed E-state index contributed by atoms with van der Waals surface area (Å²) in [6.07, 6.45) is 2.78. The van der Waals surface area contributed by atoms with Gasteiger partial charge < -0.3 is 36.5 Å². The second-order valence-corrected chi connectivity index (χ2v) is 10.2. The zero-order chi connectivity index (χ0) is 28.8. The zero-order valence-electron chi connectivity index (χ0n) is 21.7. The van der Waals surface area contributed by atoms with E-state index in [0.29, 0.717) is 24.9 Å². The normalized spacial score (nSPS) is 17.2. The predicted octanol–water partition coefficient (Wildman–Crippen LogP) is 0.961. The molecule has 1 aliphatic heterocycles. The number of aromatic hydroxyl groups is 1. The van der Waals surface area contributed by atoms with Crippen LogP contribution in [0.4, 0.5) is 0 Å². The van der Waals surface area contributed by atoms with E-state index < -0.39 is 47.9 Å². The van der Waals surface area contributed by atoms with Crippen LogP contribution in [0, 0.1) is 0 Å². The molecule has 7 N–H and O–H groups in total. The van der Waals surface area contributed by atoms with E-state index in [2.05, 4.69) is 28.2 Å². The number of amides is 3. The molecule has 1 aliphatic rings. The molecular weight excluding hydrogens is 534 g/mol. The third-order valence-corrected chi connectivity index (χ3v) is 7.47. The predicted molar refractivity (Wildman–Crippen MR) is 152 cm³/mol. The number of carbonyl (C=O) groups excluding carboxylic acids is 3. The van der Waals surface area contributed by atoms with Gasteiger partial charge in [0.15, 0.2) is 0 Å². The summed E-state index contributed by atoms with van der Waals surface area (Å²) >= 11 is 4.08. The van der Waals surface area contributed by atoms with Crippen molar-refractivity contribution >= 4 is 47.2 Å². The van der Waals surface area contributed by atoms with E-state index in [-0.39, 0.29) is 24.3 Å². The van der Waals surface area contributed by atoms with Gasteiger partial charge in [0.25, 0.3) is 0 Å². The highest BCUT2D eigenvalue weighted by Gasteiger charge is 2.37. The van der Waals surface area contributed by atoms with E-state index >= 15 is 0 Å². The van der Waals surface area contributed by atoms with Crippen molar-refractivity contribution in [3.8, 4) is 5.75 Å². The van der Waals surface area contributed by atoms with E-state index in [9.17, 15) is 29.4 Å². The minimum absolute atomic E-state index is 0.0253. The number of aromatic amines is 1. The molecule has 1 fully saturated rings. The number of hydrogen-bond donors (Lipinski definition) is 7. The van der Waals surface area contributed by atoms with Gasteiger partial charge in [0.1, 0.15) is 23.9 Å². The van der Waals surface area contributed by atoms with Crippen molar-refractivity contribution in [1.29, 1.82) is 0 Å². The minimum Gasteiger partial charge on any atom is -0.508 e. The van der Waals surface area contributed by atoms with Gasteiger partial charge in [0.05, 0.1) is 6.04 Å². The summed E-state index contributed by atoms with van der Waals surface area (Å²) in [4.78, 5) is 56.2. The summed E-state index contributed by atoms with van der Waals surface area (Å²) in [6, 6.07) is 9.52. The van der Waals surface area contributed by atoms with Crippen LogP contribution >= 0.6 is 12.6 Å². The zero-order valence-corrected chi connectivity index (χ0v) is 22.6. The molecule has 4 rings (SSSR count). The lowest BCUT2D eigenvalue weighted by Crippen LogP contribution is -2.57. The maximum atomic E-state index is 13.5. The minimum atomic E-state index is -1.26. The topological polar surface area (TPSA) is 178 Å². The number of rotatable bonds is 11. The van der Waals surface area contributed by atoms with Gasteiger partial charge in [0, 0.05) is 42.2 Å². The quantitative estimate of drug-likeness (QED) is 0.169. The van der Waals surface area contributed by atoms with Crippen LogP contribution in [0.1, 0.15) is 24.0 Å². The molecule has 12 heteroatoms. The molecule has 2 aromatic carbocycles. The van der Waals surface area contributed by atoms with E-state index in [0.717, 1.165) is 16.5 Å². The summed E-state index contributed by atoms with van der Waals surface area (Å²) in [5.74, 6) is -2.66. The number of H-pyrrole nitrogens is 1. The molecule has 2 heterocycles. The first kappa shape index (κ1) is 29.0. The lowest BCUT2D eigenvalue weighted by atomic mass is 10.0. The fourth-order valence-electron chi connectivity index (χ4n) is 4.93. The number of benzene rings is 2. The fourth-order valence-corrected chi connectivity index (χ4v) is 5.09. The maximum Gasteiger partial charge on any atom is 0.326 e. The van der Waals surface area contributed by atoms with E-state index in [4.69, 9.17) is 5.73 Å². The maximum absolute atomic E-state index is 13.5. The number of carboxylic acids is 1. The number of para-hydroxylation sites is 1. The number of fused-ring (bicyclic) bond motifs is 1. The number of carboxylic acid groups (broad SMARTS) is 1. The molecule has 0 saturated carbocycles. The van der Waals surface area contributed by atoms with E-state index in [1.807, 2.05) is 24.3 Å². The third kappa shape index (κ3) is 6.75. The summed E-state index contributed by atoms with van der Waals surface area (Å²) in [6.45, 7) is 0.360. The van der Waals surface area contributed by atoms with Crippen molar-refractivity contribution in [3.63, 3.8) is 0 Å². The number of phenols is 1. The number of phenolic OH excluding ortho intramolecular Hbond substituents is 1. The summed E-state index contributed by atoms with van der Waals surface area (Å²) < 4.78 is 0. The van der Waals surface area contributed by atoms with Crippen molar-refractivity contribution in [1.82, 2.24) is 20.5 Å². The van der Waals surface area contributed by atoms with Crippen LogP contribution < -0.4 is 16.4 Å². The molecule has 40 heavy (non-hydrogen) atoms. The number of aromatic nitrogens is 1. The van der Waals surface area contributed by atoms with Gasteiger partial charge >= 0.3 is 5.97 Å². The Kier molecular flexibility index (Phi) is 9.33. The van der Waals surface area contributed by atoms with Gasteiger partial charge in [-0.05, 0) is 42.2 Å². The molecule has 11 nitrogen and oxygen atoms in total. The first-order chi connectivity index (χ1) is 19.2. The van der Waals surface area contributed by atoms with Crippen LogP contribution in [-0.2, 0) is 32.0 Å². The lowest BCUT2D eigenvalue weighted by molar-refractivity contribution is -0.143. The number of hydrogen-bond acceptors (Lipinski definition) is 7. The van der Waals surface area contributed by atoms with Crippen LogP contribution in [0.3, 0.4) is 0 Å². The standard InChI is InChI=1S/C28H33N5O6S/c29-20(15-40)27(37)33-11-3-6-24(33)26(36)31-22(12-16-7-9-18(34)10-8-16)25(35)32-23(28(38)39)13-17-14-30-21-5-2-1-4-19(17)21/h1-2,4-5,7-10,14,20,22-24,30,34,40H,3,6,11-13,15,29H2,(H,31,36)(H,32,35)(H,38,39). The monoisotopic (exact) mass is 567 g/mol. The molecule has 212 valence electrons. The highest BCUT2D eigenvalue weighted by molar-refractivity contribution is 7.80. The molecule has 0 spiro atoms. The average molecular weight is 568 g/mol. The van der Waals surface area contributed by atoms with Gasteiger partial charge in [-0.3, -0.25) is 14.4 Å². The largest absolute Gasteiger partial charge is 0.508 e. The van der Waals surface area contributed by atoms with Gasteiger partial charge in [-0.25, -0.2) is 4.79 Å². The van der Waals surface area contributed by atoms with Crippen LogP contribution in [-0.4, -0.2) is 80.3 Å². The molecule has 1 saturated heterocycles. The number of thiol groups is 1. The smallest absolute Gasteiger partial charge is 0.326 e. The summed E-state index contributed by atoms with van der Waals surface area (Å²) in [5.41, 5.74) is 8.06.